The van der Waals surface area contributed by atoms with Crippen LogP contribution in [0.5, 0.6) is 0 Å². The molecule has 0 spiro atoms. The van der Waals surface area contributed by atoms with Crippen LogP contribution < -0.4 is 4.72 Å². The summed E-state index contributed by atoms with van der Waals surface area (Å²) in [5.74, 6) is 1.26. The lowest BCUT2D eigenvalue weighted by Crippen LogP contribution is -2.39. The van der Waals surface area contributed by atoms with Crippen LogP contribution in [-0.2, 0) is 15.4 Å². The molecule has 1 aromatic rings. The van der Waals surface area contributed by atoms with Crippen LogP contribution in [0.15, 0.2) is 29.2 Å². The van der Waals surface area contributed by atoms with Gasteiger partial charge in [0.2, 0.25) is 10.0 Å². The van der Waals surface area contributed by atoms with Crippen molar-refractivity contribution in [2.75, 3.05) is 0 Å². The molecule has 1 aliphatic rings. The number of hydrogen-bond donors (Lipinski definition) is 1. The molecule has 3 unspecified atom stereocenters. The standard InChI is InChI=1S/C15H22BrNO2S/c1-11-3-6-14(9-12(11)2)17-20(18,19)15-7-4-13(10-16)5-8-15/h4-5,7-8,11-12,14,17H,3,6,9-10H2,1-2H3. The van der Waals surface area contributed by atoms with Crippen LogP contribution in [0.1, 0.15) is 38.7 Å². The van der Waals surface area contributed by atoms with Gasteiger partial charge < -0.3 is 0 Å². The van der Waals surface area contributed by atoms with Crippen LogP contribution >= 0.6 is 15.9 Å². The van der Waals surface area contributed by atoms with Gasteiger partial charge in [-0.25, -0.2) is 13.1 Å². The van der Waals surface area contributed by atoms with Crippen molar-refractivity contribution in [2.24, 2.45) is 11.8 Å². The fraction of sp³-hybridized carbons (Fsp3) is 0.600. The SMILES string of the molecule is CC1CCC(NS(=O)(=O)c2ccc(CBr)cc2)CC1C. The second-order valence-electron chi connectivity index (χ2n) is 5.86. The van der Waals surface area contributed by atoms with Crippen molar-refractivity contribution in [3.05, 3.63) is 29.8 Å². The van der Waals surface area contributed by atoms with Gasteiger partial charge in [0, 0.05) is 11.4 Å². The number of sulfonamides is 1. The first-order valence-corrected chi connectivity index (χ1v) is 9.70. The summed E-state index contributed by atoms with van der Waals surface area (Å²) in [7, 11) is -3.39. The molecule has 0 amide bonds. The van der Waals surface area contributed by atoms with Crippen LogP contribution in [-0.4, -0.2) is 14.5 Å². The summed E-state index contributed by atoms with van der Waals surface area (Å²) in [6.07, 6.45) is 2.96. The molecule has 1 N–H and O–H groups in total. The lowest BCUT2D eigenvalue weighted by Gasteiger charge is -2.32. The predicted octanol–water partition coefficient (Wildman–Crippen LogP) is 3.68. The summed E-state index contributed by atoms with van der Waals surface area (Å²) in [6.45, 7) is 4.45. The molecule has 0 radical (unpaired) electrons. The fourth-order valence-electron chi connectivity index (χ4n) is 2.70. The van der Waals surface area contributed by atoms with Gasteiger partial charge >= 0.3 is 0 Å². The van der Waals surface area contributed by atoms with E-state index in [1.165, 1.54) is 0 Å². The van der Waals surface area contributed by atoms with Crippen LogP contribution in [0.3, 0.4) is 0 Å². The topological polar surface area (TPSA) is 46.2 Å². The van der Waals surface area contributed by atoms with Crippen molar-refractivity contribution in [3.8, 4) is 0 Å². The van der Waals surface area contributed by atoms with Gasteiger partial charge in [0.25, 0.3) is 0 Å². The minimum Gasteiger partial charge on any atom is -0.208 e. The van der Waals surface area contributed by atoms with E-state index in [9.17, 15) is 8.42 Å². The molecule has 0 aromatic heterocycles. The molecule has 3 atom stereocenters. The van der Waals surface area contributed by atoms with Crippen molar-refractivity contribution in [2.45, 2.75) is 49.4 Å². The molecule has 112 valence electrons. The van der Waals surface area contributed by atoms with Crippen LogP contribution in [0, 0.1) is 11.8 Å². The average Bonchev–Trinajstić information content (AvgIpc) is 2.43. The van der Waals surface area contributed by atoms with Gasteiger partial charge in [-0.3, -0.25) is 0 Å². The average molecular weight is 360 g/mol. The van der Waals surface area contributed by atoms with Gasteiger partial charge in [-0.05, 0) is 48.8 Å². The van der Waals surface area contributed by atoms with Crippen molar-refractivity contribution >= 4 is 26.0 Å². The van der Waals surface area contributed by atoms with Crippen molar-refractivity contribution in [1.82, 2.24) is 4.72 Å². The van der Waals surface area contributed by atoms with Gasteiger partial charge in [-0.2, -0.15) is 0 Å². The smallest absolute Gasteiger partial charge is 0.208 e. The molecule has 20 heavy (non-hydrogen) atoms. The van der Waals surface area contributed by atoms with E-state index in [1.54, 1.807) is 12.1 Å². The van der Waals surface area contributed by atoms with Crippen LogP contribution in [0.4, 0.5) is 0 Å². The molecule has 1 aromatic carbocycles. The number of rotatable bonds is 4. The van der Waals surface area contributed by atoms with Crippen LogP contribution in [0.2, 0.25) is 0 Å². The number of alkyl halides is 1. The third kappa shape index (κ3) is 3.83. The molecule has 3 nitrogen and oxygen atoms in total. The molecular formula is C15H22BrNO2S. The maximum atomic E-state index is 12.4. The largest absolute Gasteiger partial charge is 0.240 e. The van der Waals surface area contributed by atoms with Gasteiger partial charge in [-0.15, -0.1) is 0 Å². The molecule has 1 saturated carbocycles. The highest BCUT2D eigenvalue weighted by molar-refractivity contribution is 9.08. The second-order valence-corrected chi connectivity index (χ2v) is 8.14. The Labute approximate surface area is 130 Å². The van der Waals surface area contributed by atoms with Crippen molar-refractivity contribution in [3.63, 3.8) is 0 Å². The first kappa shape index (κ1) is 16.0. The Hall–Kier alpha value is -0.390. The predicted molar refractivity (Wildman–Crippen MR) is 85.4 cm³/mol. The minimum absolute atomic E-state index is 0.0713. The zero-order valence-electron chi connectivity index (χ0n) is 12.0. The Kier molecular flexibility index (Phi) is 5.26. The highest BCUT2D eigenvalue weighted by atomic mass is 79.9. The fourth-order valence-corrected chi connectivity index (χ4v) is 4.36. The maximum absolute atomic E-state index is 12.4. The maximum Gasteiger partial charge on any atom is 0.240 e. The number of halogens is 1. The van der Waals surface area contributed by atoms with Gasteiger partial charge in [0.1, 0.15) is 0 Å². The van der Waals surface area contributed by atoms with E-state index in [0.717, 1.165) is 30.2 Å². The molecule has 0 saturated heterocycles. The lowest BCUT2D eigenvalue weighted by molar-refractivity contribution is 0.242. The molecule has 0 bridgehead atoms. The third-order valence-corrected chi connectivity index (χ3v) is 6.49. The summed E-state index contributed by atoms with van der Waals surface area (Å²) in [5, 5.41) is 0.735. The van der Waals surface area contributed by atoms with Gasteiger partial charge in [-0.1, -0.05) is 41.9 Å². The molecular weight excluding hydrogens is 338 g/mol. The first-order chi connectivity index (χ1) is 9.42. The Morgan fingerprint density at radius 2 is 1.80 bits per heavy atom. The number of nitrogens with one attached hydrogen (secondary N) is 1. The van der Waals surface area contributed by atoms with Crippen LogP contribution in [0.25, 0.3) is 0 Å². The quantitative estimate of drug-likeness (QED) is 0.833. The number of benzene rings is 1. The molecule has 0 aliphatic heterocycles. The monoisotopic (exact) mass is 359 g/mol. The highest BCUT2D eigenvalue weighted by Gasteiger charge is 2.28. The highest BCUT2D eigenvalue weighted by Crippen LogP contribution is 2.30. The summed E-state index contributed by atoms with van der Waals surface area (Å²) >= 11 is 3.36. The summed E-state index contributed by atoms with van der Waals surface area (Å²) < 4.78 is 27.6. The Bertz CT molecular complexity index is 541. The van der Waals surface area contributed by atoms with Crippen molar-refractivity contribution in [1.29, 1.82) is 0 Å². The van der Waals surface area contributed by atoms with E-state index >= 15 is 0 Å². The van der Waals surface area contributed by atoms with Gasteiger partial charge in [0.05, 0.1) is 4.90 Å². The lowest BCUT2D eigenvalue weighted by atomic mass is 9.79. The summed E-state index contributed by atoms with van der Waals surface area (Å²) in [6, 6.07) is 7.10. The second kappa shape index (κ2) is 6.58. The summed E-state index contributed by atoms with van der Waals surface area (Å²) in [4.78, 5) is 0.355. The minimum atomic E-state index is -3.39. The normalized spacial score (nSPS) is 27.4. The van der Waals surface area contributed by atoms with E-state index < -0.39 is 10.0 Å². The Morgan fingerprint density at radius 3 is 2.35 bits per heavy atom. The molecule has 1 fully saturated rings. The first-order valence-electron chi connectivity index (χ1n) is 7.09. The zero-order valence-corrected chi connectivity index (χ0v) is 14.4. The molecule has 5 heteroatoms. The third-order valence-electron chi connectivity index (χ3n) is 4.31. The Morgan fingerprint density at radius 1 is 1.15 bits per heavy atom. The van der Waals surface area contributed by atoms with E-state index in [0.29, 0.717) is 16.7 Å². The Balaban J connectivity index is 2.07. The van der Waals surface area contributed by atoms with E-state index in [2.05, 4.69) is 34.5 Å². The molecule has 1 aliphatic carbocycles. The zero-order chi connectivity index (χ0) is 14.8. The van der Waals surface area contributed by atoms with Crippen molar-refractivity contribution < 1.29 is 8.42 Å². The van der Waals surface area contributed by atoms with E-state index in [-0.39, 0.29) is 6.04 Å². The van der Waals surface area contributed by atoms with E-state index in [4.69, 9.17) is 0 Å². The summed E-state index contributed by atoms with van der Waals surface area (Å²) in [5.41, 5.74) is 1.07. The molecule has 0 heterocycles. The van der Waals surface area contributed by atoms with Gasteiger partial charge in [0.15, 0.2) is 0 Å². The molecule has 2 rings (SSSR count). The van der Waals surface area contributed by atoms with E-state index in [1.807, 2.05) is 12.1 Å². The number of hydrogen-bond acceptors (Lipinski definition) is 2.